The van der Waals surface area contributed by atoms with Crippen LogP contribution in [0, 0.1) is 6.92 Å². The number of hydrogen-bond donors (Lipinski definition) is 1. The van der Waals surface area contributed by atoms with Gasteiger partial charge in [-0.3, -0.25) is 14.2 Å². The van der Waals surface area contributed by atoms with Crippen molar-refractivity contribution in [1.82, 2.24) is 9.55 Å². The predicted octanol–water partition coefficient (Wildman–Crippen LogP) is 7.46. The molecule has 1 fully saturated rings. The Kier molecular flexibility index (Phi) is 7.21. The van der Waals surface area contributed by atoms with Crippen LogP contribution >= 0.6 is 27.7 Å². The highest BCUT2D eigenvalue weighted by Crippen LogP contribution is 2.49. The third kappa shape index (κ3) is 5.10. The van der Waals surface area contributed by atoms with Crippen LogP contribution in [0.25, 0.3) is 16.9 Å². The number of anilines is 1. The first kappa shape index (κ1) is 26.1. The molecule has 4 aromatic rings. The smallest absolute Gasteiger partial charge is 0.263 e. The number of rotatable bonds is 5. The molecule has 1 aromatic heterocycles. The molecule has 1 spiro atoms. The van der Waals surface area contributed by atoms with Crippen molar-refractivity contribution >= 4 is 39.3 Å². The quantitative estimate of drug-likeness (QED) is 0.191. The number of carbonyl (C=O) groups is 1. The summed E-state index contributed by atoms with van der Waals surface area (Å²) in [6.45, 7) is 2.03. The molecule has 0 radical (unpaired) electrons. The molecule has 198 valence electrons. The summed E-state index contributed by atoms with van der Waals surface area (Å²) in [5.41, 5.74) is 6.34. The van der Waals surface area contributed by atoms with Crippen molar-refractivity contribution in [2.45, 2.75) is 56.0 Å². The van der Waals surface area contributed by atoms with E-state index in [1.54, 1.807) is 4.57 Å². The molecule has 2 aliphatic rings. The summed E-state index contributed by atoms with van der Waals surface area (Å²) in [5.74, 6) is -0.00544. The van der Waals surface area contributed by atoms with Crippen LogP contribution in [-0.2, 0) is 16.6 Å². The average molecular weight is 601 g/mol. The van der Waals surface area contributed by atoms with Crippen molar-refractivity contribution in [2.24, 2.45) is 0 Å². The Labute approximate surface area is 241 Å². The van der Waals surface area contributed by atoms with E-state index in [1.165, 1.54) is 23.7 Å². The Morgan fingerprint density at radius 2 is 1.79 bits per heavy atom. The van der Waals surface area contributed by atoms with E-state index in [4.69, 9.17) is 4.98 Å². The highest BCUT2D eigenvalue weighted by molar-refractivity contribution is 9.10. The third-order valence-corrected chi connectivity index (χ3v) is 9.38. The maximum Gasteiger partial charge on any atom is 0.263 e. The minimum Gasteiger partial charge on any atom is -0.325 e. The topological polar surface area (TPSA) is 64.0 Å². The fraction of sp³-hybridized carbons (Fsp3) is 0.281. The van der Waals surface area contributed by atoms with Crippen LogP contribution in [0.1, 0.15) is 48.8 Å². The summed E-state index contributed by atoms with van der Waals surface area (Å²) in [6.07, 6.45) is 6.33. The van der Waals surface area contributed by atoms with Gasteiger partial charge in [-0.05, 0) is 73.7 Å². The van der Waals surface area contributed by atoms with Crippen molar-refractivity contribution in [1.29, 1.82) is 0 Å². The minimum atomic E-state index is -0.195. The summed E-state index contributed by atoms with van der Waals surface area (Å²) >= 11 is 4.73. The van der Waals surface area contributed by atoms with Gasteiger partial charge in [-0.25, -0.2) is 4.98 Å². The molecule has 0 saturated heterocycles. The predicted molar refractivity (Wildman–Crippen MR) is 162 cm³/mol. The van der Waals surface area contributed by atoms with E-state index in [-0.39, 0.29) is 22.6 Å². The number of carbonyl (C=O) groups excluding carboxylic acids is 1. The summed E-state index contributed by atoms with van der Waals surface area (Å²) in [7, 11) is 0. The van der Waals surface area contributed by atoms with Gasteiger partial charge < -0.3 is 5.32 Å². The SMILES string of the molecule is Cc1cccc(-n2c(SCC(=O)Nc3ccc(Br)cc3)nc3c(c2=O)C2(CCCCC2)Cc2ccccc2-3)c1. The summed E-state index contributed by atoms with van der Waals surface area (Å²) in [6, 6.07) is 23.8. The lowest BCUT2D eigenvalue weighted by Gasteiger charge is -2.42. The van der Waals surface area contributed by atoms with Crippen molar-refractivity contribution in [3.63, 3.8) is 0 Å². The lowest BCUT2D eigenvalue weighted by atomic mass is 9.62. The maximum absolute atomic E-state index is 14.6. The number of halogens is 1. The molecular weight excluding hydrogens is 570 g/mol. The Bertz CT molecular complexity index is 1610. The van der Waals surface area contributed by atoms with E-state index in [0.717, 1.165) is 70.3 Å². The second-order valence-electron chi connectivity index (χ2n) is 10.6. The second-order valence-corrected chi connectivity index (χ2v) is 12.5. The van der Waals surface area contributed by atoms with Gasteiger partial charge in [-0.2, -0.15) is 0 Å². The molecule has 7 heteroatoms. The molecule has 0 atom stereocenters. The first-order valence-electron chi connectivity index (χ1n) is 13.4. The molecule has 0 bridgehead atoms. The highest BCUT2D eigenvalue weighted by atomic mass is 79.9. The van der Waals surface area contributed by atoms with Gasteiger partial charge in [0.15, 0.2) is 5.16 Å². The molecular formula is C32H30BrN3O2S. The van der Waals surface area contributed by atoms with Crippen LogP contribution < -0.4 is 10.9 Å². The van der Waals surface area contributed by atoms with Crippen LogP contribution in [0.2, 0.25) is 0 Å². The number of nitrogens with one attached hydrogen (secondary N) is 1. The van der Waals surface area contributed by atoms with Crippen molar-refractivity contribution in [2.75, 3.05) is 11.1 Å². The molecule has 0 aliphatic heterocycles. The van der Waals surface area contributed by atoms with Crippen LogP contribution in [0.3, 0.4) is 0 Å². The normalized spacial score (nSPS) is 15.4. The molecule has 1 saturated carbocycles. The highest BCUT2D eigenvalue weighted by Gasteiger charge is 2.43. The Morgan fingerprint density at radius 3 is 2.56 bits per heavy atom. The van der Waals surface area contributed by atoms with Gasteiger partial charge >= 0.3 is 0 Å². The Hall–Kier alpha value is -3.16. The van der Waals surface area contributed by atoms with Crippen molar-refractivity contribution in [3.05, 3.63) is 104 Å². The molecule has 6 rings (SSSR count). The molecule has 5 nitrogen and oxygen atoms in total. The zero-order chi connectivity index (χ0) is 27.0. The molecule has 1 heterocycles. The average Bonchev–Trinajstić information content (AvgIpc) is 2.93. The number of amides is 1. The number of thioether (sulfide) groups is 1. The third-order valence-electron chi connectivity index (χ3n) is 7.92. The van der Waals surface area contributed by atoms with Crippen LogP contribution in [0.4, 0.5) is 5.69 Å². The van der Waals surface area contributed by atoms with Crippen molar-refractivity contribution in [3.8, 4) is 16.9 Å². The van der Waals surface area contributed by atoms with Crippen molar-refractivity contribution < 1.29 is 4.79 Å². The summed E-state index contributed by atoms with van der Waals surface area (Å²) in [4.78, 5) is 32.7. The van der Waals surface area contributed by atoms with E-state index in [2.05, 4.69) is 39.4 Å². The number of aromatic nitrogens is 2. The van der Waals surface area contributed by atoms with Gasteiger partial charge in [-0.1, -0.05) is 83.4 Å². The van der Waals surface area contributed by atoms with Gasteiger partial charge in [0.05, 0.1) is 22.7 Å². The largest absolute Gasteiger partial charge is 0.325 e. The molecule has 2 aliphatic carbocycles. The fourth-order valence-electron chi connectivity index (χ4n) is 6.14. The number of hydrogen-bond acceptors (Lipinski definition) is 4. The number of nitrogens with zero attached hydrogens (tertiary/aromatic N) is 2. The molecule has 1 N–H and O–H groups in total. The minimum absolute atomic E-state index is 0.00202. The molecule has 0 unspecified atom stereocenters. The summed E-state index contributed by atoms with van der Waals surface area (Å²) in [5, 5.41) is 3.49. The number of benzene rings is 3. The first-order chi connectivity index (χ1) is 18.9. The molecule has 3 aromatic carbocycles. The van der Waals surface area contributed by atoms with Crippen LogP contribution in [0.15, 0.2) is 87.2 Å². The van der Waals surface area contributed by atoms with Gasteiger partial charge in [0.25, 0.3) is 5.56 Å². The Balaban J connectivity index is 1.47. The van der Waals surface area contributed by atoms with Gasteiger partial charge in [0.1, 0.15) is 0 Å². The lowest BCUT2D eigenvalue weighted by molar-refractivity contribution is -0.113. The van der Waals surface area contributed by atoms with E-state index < -0.39 is 0 Å². The maximum atomic E-state index is 14.6. The van der Waals surface area contributed by atoms with Gasteiger partial charge in [0.2, 0.25) is 5.91 Å². The zero-order valence-corrected chi connectivity index (χ0v) is 24.3. The van der Waals surface area contributed by atoms with E-state index in [9.17, 15) is 9.59 Å². The van der Waals surface area contributed by atoms with E-state index in [1.807, 2.05) is 61.5 Å². The number of aryl methyl sites for hydroxylation is 1. The second kappa shape index (κ2) is 10.8. The molecule has 39 heavy (non-hydrogen) atoms. The van der Waals surface area contributed by atoms with Crippen LogP contribution in [0.5, 0.6) is 0 Å². The van der Waals surface area contributed by atoms with Gasteiger partial charge in [-0.15, -0.1) is 0 Å². The van der Waals surface area contributed by atoms with Crippen LogP contribution in [-0.4, -0.2) is 21.2 Å². The lowest BCUT2D eigenvalue weighted by Crippen LogP contribution is -2.43. The molecule has 1 amide bonds. The monoisotopic (exact) mass is 599 g/mol. The fourth-order valence-corrected chi connectivity index (χ4v) is 7.21. The van der Waals surface area contributed by atoms with E-state index >= 15 is 0 Å². The zero-order valence-electron chi connectivity index (χ0n) is 21.9. The van der Waals surface area contributed by atoms with E-state index in [0.29, 0.717) is 5.16 Å². The number of fused-ring (bicyclic) bond motifs is 4. The Morgan fingerprint density at radius 1 is 1.03 bits per heavy atom. The van der Waals surface area contributed by atoms with Gasteiger partial charge in [0, 0.05) is 21.1 Å². The summed E-state index contributed by atoms with van der Waals surface area (Å²) < 4.78 is 2.69. The first-order valence-corrected chi connectivity index (χ1v) is 15.2. The standard InChI is InChI=1S/C32H30BrN3O2S/c1-21-8-7-10-25(18-21)36-30(38)28-29(26-11-4-3-9-22(26)19-32(28)16-5-2-6-17-32)35-31(36)39-20-27(37)34-24-14-12-23(33)13-15-24/h3-4,7-15,18H,2,5-6,16-17,19-20H2,1H3,(H,34,37).